The summed E-state index contributed by atoms with van der Waals surface area (Å²) < 4.78 is 5.03. The Labute approximate surface area is 158 Å². The lowest BCUT2D eigenvalue weighted by atomic mass is 10.00. The van der Waals surface area contributed by atoms with E-state index in [1.165, 1.54) is 12.4 Å². The van der Waals surface area contributed by atoms with E-state index in [9.17, 15) is 9.59 Å². The van der Waals surface area contributed by atoms with Crippen molar-refractivity contribution >= 4 is 23.5 Å². The van der Waals surface area contributed by atoms with Crippen LogP contribution in [0, 0.1) is 5.92 Å². The summed E-state index contributed by atoms with van der Waals surface area (Å²) >= 11 is 0. The molecule has 7 heteroatoms. The van der Waals surface area contributed by atoms with Crippen LogP contribution < -0.4 is 10.2 Å². The highest BCUT2D eigenvalue weighted by Crippen LogP contribution is 2.20. The minimum absolute atomic E-state index is 0.270. The van der Waals surface area contributed by atoms with Gasteiger partial charge in [-0.25, -0.2) is 14.8 Å². The van der Waals surface area contributed by atoms with Crippen molar-refractivity contribution in [2.24, 2.45) is 5.92 Å². The fraction of sp³-hybridized carbons (Fsp3) is 0.400. The molecule has 1 aliphatic heterocycles. The molecule has 142 valence electrons. The predicted molar refractivity (Wildman–Crippen MR) is 103 cm³/mol. The summed E-state index contributed by atoms with van der Waals surface area (Å²) in [6.45, 7) is 6.12. The number of hydrogen-bond donors (Lipinski definition) is 1. The standard InChI is InChI=1S/C20H24N4O3/c1-3-27-19(26)16-6-4-5-7-17(16)23-18(25)15-12-21-20(22-13-15)24-10-8-14(2)9-11-24/h4-7,12-14H,3,8-11H2,1-2H3,(H,23,25). The van der Waals surface area contributed by atoms with Gasteiger partial charge >= 0.3 is 5.97 Å². The third-order valence-electron chi connectivity index (χ3n) is 4.64. The van der Waals surface area contributed by atoms with E-state index in [0.717, 1.165) is 31.8 Å². The first-order chi connectivity index (χ1) is 13.1. The minimum Gasteiger partial charge on any atom is -0.462 e. The maximum atomic E-state index is 12.5. The van der Waals surface area contributed by atoms with E-state index < -0.39 is 5.97 Å². The van der Waals surface area contributed by atoms with Crippen molar-refractivity contribution in [2.75, 3.05) is 29.9 Å². The highest BCUT2D eigenvalue weighted by Gasteiger charge is 2.19. The zero-order valence-corrected chi connectivity index (χ0v) is 15.6. The van der Waals surface area contributed by atoms with Gasteiger partial charge in [0.15, 0.2) is 0 Å². The van der Waals surface area contributed by atoms with Gasteiger partial charge in [-0.1, -0.05) is 19.1 Å². The summed E-state index contributed by atoms with van der Waals surface area (Å²) in [5.41, 5.74) is 1.05. The third-order valence-corrected chi connectivity index (χ3v) is 4.64. The second-order valence-corrected chi connectivity index (χ2v) is 6.66. The van der Waals surface area contributed by atoms with E-state index in [4.69, 9.17) is 4.74 Å². The summed E-state index contributed by atoms with van der Waals surface area (Å²) in [4.78, 5) is 35.4. The van der Waals surface area contributed by atoms with Gasteiger partial charge in [0.25, 0.3) is 5.91 Å². The van der Waals surface area contributed by atoms with Crippen LogP contribution in [0.1, 0.15) is 47.4 Å². The van der Waals surface area contributed by atoms with Crippen LogP contribution in [0.15, 0.2) is 36.7 Å². The van der Waals surface area contributed by atoms with Gasteiger partial charge in [0.05, 0.1) is 23.4 Å². The summed E-state index contributed by atoms with van der Waals surface area (Å²) in [7, 11) is 0. The fourth-order valence-corrected chi connectivity index (χ4v) is 2.98. The number of para-hydroxylation sites is 1. The SMILES string of the molecule is CCOC(=O)c1ccccc1NC(=O)c1cnc(N2CCC(C)CC2)nc1. The fourth-order valence-electron chi connectivity index (χ4n) is 2.98. The number of carbonyl (C=O) groups excluding carboxylic acids is 2. The first-order valence-corrected chi connectivity index (χ1v) is 9.23. The van der Waals surface area contributed by atoms with Crippen molar-refractivity contribution in [1.29, 1.82) is 0 Å². The summed E-state index contributed by atoms with van der Waals surface area (Å²) in [5.74, 6) is 0.529. The van der Waals surface area contributed by atoms with Gasteiger partial charge in [-0.15, -0.1) is 0 Å². The smallest absolute Gasteiger partial charge is 0.340 e. The molecule has 1 saturated heterocycles. The number of amides is 1. The Hall–Kier alpha value is -2.96. The number of piperidine rings is 1. The number of benzene rings is 1. The second-order valence-electron chi connectivity index (χ2n) is 6.66. The number of rotatable bonds is 5. The van der Waals surface area contributed by atoms with Crippen LogP contribution in [0.4, 0.5) is 11.6 Å². The largest absolute Gasteiger partial charge is 0.462 e. The number of nitrogens with one attached hydrogen (secondary N) is 1. The van der Waals surface area contributed by atoms with E-state index in [2.05, 4.69) is 27.1 Å². The average Bonchev–Trinajstić information content (AvgIpc) is 2.69. The molecule has 0 aliphatic carbocycles. The van der Waals surface area contributed by atoms with Gasteiger partial charge in [-0.05, 0) is 37.8 Å². The zero-order chi connectivity index (χ0) is 19.2. The molecule has 7 nitrogen and oxygen atoms in total. The Kier molecular flexibility index (Phi) is 6.01. The van der Waals surface area contributed by atoms with Gasteiger partial charge < -0.3 is 15.0 Å². The number of nitrogens with zero attached hydrogens (tertiary/aromatic N) is 3. The van der Waals surface area contributed by atoms with Crippen molar-refractivity contribution in [3.63, 3.8) is 0 Å². The molecular weight excluding hydrogens is 344 g/mol. The summed E-state index contributed by atoms with van der Waals surface area (Å²) in [6.07, 6.45) is 5.28. The molecule has 0 saturated carbocycles. The number of esters is 1. The molecular formula is C20H24N4O3. The zero-order valence-electron chi connectivity index (χ0n) is 15.6. The maximum absolute atomic E-state index is 12.5. The number of aromatic nitrogens is 2. The molecule has 0 unspecified atom stereocenters. The van der Waals surface area contributed by atoms with Crippen LogP contribution in [-0.2, 0) is 4.74 Å². The Balaban J connectivity index is 1.69. The molecule has 1 aromatic carbocycles. The molecule has 27 heavy (non-hydrogen) atoms. The van der Waals surface area contributed by atoms with Crippen LogP contribution in [0.3, 0.4) is 0 Å². The Morgan fingerprint density at radius 2 is 1.85 bits per heavy atom. The molecule has 2 aromatic rings. The van der Waals surface area contributed by atoms with Gasteiger partial charge in [-0.3, -0.25) is 4.79 Å². The lowest BCUT2D eigenvalue weighted by Crippen LogP contribution is -2.34. The van der Waals surface area contributed by atoms with E-state index in [1.807, 2.05) is 0 Å². The normalized spacial score (nSPS) is 14.7. The van der Waals surface area contributed by atoms with E-state index in [-0.39, 0.29) is 12.5 Å². The van der Waals surface area contributed by atoms with E-state index in [0.29, 0.717) is 22.8 Å². The monoisotopic (exact) mass is 368 g/mol. The molecule has 1 amide bonds. The van der Waals surface area contributed by atoms with Gasteiger partial charge in [0.1, 0.15) is 0 Å². The van der Waals surface area contributed by atoms with Crippen molar-refractivity contribution < 1.29 is 14.3 Å². The molecule has 3 rings (SSSR count). The van der Waals surface area contributed by atoms with Crippen LogP contribution >= 0.6 is 0 Å². The molecule has 0 spiro atoms. The quantitative estimate of drug-likeness (QED) is 0.816. The third kappa shape index (κ3) is 4.61. The first kappa shape index (κ1) is 18.8. The summed E-state index contributed by atoms with van der Waals surface area (Å²) in [5, 5.41) is 2.74. The van der Waals surface area contributed by atoms with Crippen LogP contribution in [0.5, 0.6) is 0 Å². The average molecular weight is 368 g/mol. The number of hydrogen-bond acceptors (Lipinski definition) is 6. The Morgan fingerprint density at radius 1 is 1.19 bits per heavy atom. The van der Waals surface area contributed by atoms with Gasteiger partial charge in [0.2, 0.25) is 5.95 Å². The van der Waals surface area contributed by atoms with Crippen LogP contribution in [0.2, 0.25) is 0 Å². The molecule has 1 aromatic heterocycles. The van der Waals surface area contributed by atoms with E-state index >= 15 is 0 Å². The Morgan fingerprint density at radius 3 is 2.52 bits per heavy atom. The highest BCUT2D eigenvalue weighted by molar-refractivity contribution is 6.07. The first-order valence-electron chi connectivity index (χ1n) is 9.23. The van der Waals surface area contributed by atoms with Crippen molar-refractivity contribution in [3.8, 4) is 0 Å². The lowest BCUT2D eigenvalue weighted by Gasteiger charge is -2.30. The van der Waals surface area contributed by atoms with Gasteiger partial charge in [-0.2, -0.15) is 0 Å². The van der Waals surface area contributed by atoms with Crippen molar-refractivity contribution in [3.05, 3.63) is 47.8 Å². The lowest BCUT2D eigenvalue weighted by molar-refractivity contribution is 0.0527. The number of carbonyl (C=O) groups is 2. The van der Waals surface area contributed by atoms with E-state index in [1.54, 1.807) is 31.2 Å². The maximum Gasteiger partial charge on any atom is 0.340 e. The summed E-state index contributed by atoms with van der Waals surface area (Å²) in [6, 6.07) is 6.74. The molecule has 1 aliphatic rings. The minimum atomic E-state index is -0.473. The molecule has 0 atom stereocenters. The predicted octanol–water partition coefficient (Wildman–Crippen LogP) is 3.14. The molecule has 1 N–H and O–H groups in total. The molecule has 0 bridgehead atoms. The number of ether oxygens (including phenoxy) is 1. The molecule has 1 fully saturated rings. The highest BCUT2D eigenvalue weighted by atomic mass is 16.5. The van der Waals surface area contributed by atoms with Crippen molar-refractivity contribution in [2.45, 2.75) is 26.7 Å². The number of anilines is 2. The molecule has 0 radical (unpaired) electrons. The second kappa shape index (κ2) is 8.62. The van der Waals surface area contributed by atoms with Crippen LogP contribution in [-0.4, -0.2) is 41.5 Å². The molecule has 2 heterocycles. The van der Waals surface area contributed by atoms with Gasteiger partial charge in [0, 0.05) is 25.5 Å². The van der Waals surface area contributed by atoms with Crippen LogP contribution in [0.25, 0.3) is 0 Å². The topological polar surface area (TPSA) is 84.4 Å². The van der Waals surface area contributed by atoms with Crippen molar-refractivity contribution in [1.82, 2.24) is 9.97 Å². The Bertz CT molecular complexity index is 799.